The normalized spacial score (nSPS) is 39.2. The Morgan fingerprint density at radius 3 is 2.00 bits per heavy atom. The van der Waals surface area contributed by atoms with Crippen molar-refractivity contribution in [2.45, 2.75) is 110 Å². The van der Waals surface area contributed by atoms with Crippen LogP contribution in [0.4, 0.5) is 0 Å². The smallest absolute Gasteiger partial charge is 0.126 e. The second kappa shape index (κ2) is 7.92. The Labute approximate surface area is 150 Å². The Kier molecular flexibility index (Phi) is 6.09. The van der Waals surface area contributed by atoms with E-state index in [1.54, 1.807) is 0 Å². The zero-order valence-corrected chi connectivity index (χ0v) is 16.3. The van der Waals surface area contributed by atoms with Crippen LogP contribution in [0.25, 0.3) is 0 Å². The highest BCUT2D eigenvalue weighted by atomic mass is 16.1. The lowest BCUT2D eigenvalue weighted by atomic mass is 9.53. The van der Waals surface area contributed by atoms with Crippen molar-refractivity contribution in [3.8, 4) is 0 Å². The Morgan fingerprint density at radius 2 is 1.25 bits per heavy atom. The molecule has 0 spiro atoms. The molecule has 0 amide bonds. The summed E-state index contributed by atoms with van der Waals surface area (Å²) in [6.07, 6.45) is 22.4. The van der Waals surface area contributed by atoms with E-state index < -0.39 is 0 Å². The summed E-state index contributed by atoms with van der Waals surface area (Å²) in [6, 6.07) is 0. The molecule has 1 nitrogen and oxygen atoms in total. The van der Waals surface area contributed by atoms with E-state index in [1.807, 2.05) is 0 Å². The van der Waals surface area contributed by atoms with Crippen LogP contribution < -0.4 is 0 Å². The fourth-order valence-electron chi connectivity index (χ4n) is 6.88. The molecule has 3 saturated carbocycles. The van der Waals surface area contributed by atoms with E-state index >= 15 is 0 Å². The molecule has 3 aliphatic carbocycles. The first-order chi connectivity index (χ1) is 11.6. The van der Waals surface area contributed by atoms with E-state index in [2.05, 4.69) is 13.8 Å². The second-order valence-corrected chi connectivity index (χ2v) is 9.92. The second-order valence-electron chi connectivity index (χ2n) is 9.92. The number of carbonyl (C=O) groups is 1. The molecular formula is C23H40O. The molecular weight excluding hydrogens is 292 g/mol. The van der Waals surface area contributed by atoms with Gasteiger partial charge in [-0.2, -0.15) is 0 Å². The van der Waals surface area contributed by atoms with Gasteiger partial charge in [-0.05, 0) is 48.9 Å². The van der Waals surface area contributed by atoms with Gasteiger partial charge in [0.2, 0.25) is 0 Å². The molecule has 3 fully saturated rings. The van der Waals surface area contributed by atoms with Crippen LogP contribution in [0, 0.1) is 28.6 Å². The zero-order valence-electron chi connectivity index (χ0n) is 16.3. The number of aldehydes is 1. The topological polar surface area (TPSA) is 17.1 Å². The van der Waals surface area contributed by atoms with E-state index in [4.69, 9.17) is 0 Å². The van der Waals surface area contributed by atoms with Gasteiger partial charge < -0.3 is 4.79 Å². The molecule has 0 N–H and O–H groups in total. The highest BCUT2D eigenvalue weighted by molar-refractivity contribution is 5.60. The van der Waals surface area contributed by atoms with Crippen molar-refractivity contribution in [3.63, 3.8) is 0 Å². The summed E-state index contributed by atoms with van der Waals surface area (Å²) in [7, 11) is 0. The van der Waals surface area contributed by atoms with Gasteiger partial charge >= 0.3 is 0 Å². The standard InChI is InChI=1S/C23H40O/c1-22(2,18-24)23-16-7-6-11-20(13-9-17-23)19-10-4-3-5-14-21(23)15-8-12-19/h18-21H,3-17H2,1-2H3. The van der Waals surface area contributed by atoms with Crippen LogP contribution in [-0.2, 0) is 4.79 Å². The molecule has 0 aromatic heterocycles. The summed E-state index contributed by atoms with van der Waals surface area (Å²) in [6.45, 7) is 4.53. The van der Waals surface area contributed by atoms with Gasteiger partial charge in [-0.15, -0.1) is 0 Å². The van der Waals surface area contributed by atoms with Crippen LogP contribution in [0.1, 0.15) is 110 Å². The molecule has 3 aliphatic rings. The molecule has 0 heterocycles. The summed E-state index contributed by atoms with van der Waals surface area (Å²) >= 11 is 0. The van der Waals surface area contributed by atoms with Gasteiger partial charge in [0.15, 0.2) is 0 Å². The predicted molar refractivity (Wildman–Crippen MR) is 102 cm³/mol. The van der Waals surface area contributed by atoms with Gasteiger partial charge in [-0.25, -0.2) is 0 Å². The van der Waals surface area contributed by atoms with Crippen molar-refractivity contribution in [1.82, 2.24) is 0 Å². The number of carbonyl (C=O) groups excluding carboxylic acids is 1. The molecule has 0 radical (unpaired) electrons. The quantitative estimate of drug-likeness (QED) is 0.500. The fourth-order valence-corrected chi connectivity index (χ4v) is 6.88. The number of rotatable bonds is 2. The third kappa shape index (κ3) is 3.61. The summed E-state index contributed by atoms with van der Waals surface area (Å²) in [4.78, 5) is 12.1. The van der Waals surface area contributed by atoms with Crippen molar-refractivity contribution >= 4 is 6.29 Å². The van der Waals surface area contributed by atoms with Gasteiger partial charge in [0.1, 0.15) is 6.29 Å². The fraction of sp³-hybridized carbons (Fsp3) is 0.957. The molecule has 24 heavy (non-hydrogen) atoms. The van der Waals surface area contributed by atoms with Crippen molar-refractivity contribution < 1.29 is 4.79 Å². The lowest BCUT2D eigenvalue weighted by molar-refractivity contribution is -0.127. The predicted octanol–water partition coefficient (Wildman–Crippen LogP) is 6.94. The van der Waals surface area contributed by atoms with Crippen LogP contribution in [0.15, 0.2) is 0 Å². The summed E-state index contributed by atoms with van der Waals surface area (Å²) in [5, 5.41) is 0. The van der Waals surface area contributed by atoms with Crippen molar-refractivity contribution in [3.05, 3.63) is 0 Å². The first kappa shape index (κ1) is 18.5. The van der Waals surface area contributed by atoms with Gasteiger partial charge in [0.25, 0.3) is 0 Å². The maximum atomic E-state index is 12.1. The molecule has 4 bridgehead atoms. The van der Waals surface area contributed by atoms with Crippen molar-refractivity contribution in [1.29, 1.82) is 0 Å². The maximum absolute atomic E-state index is 12.1. The molecule has 1 heteroatoms. The molecule has 4 unspecified atom stereocenters. The van der Waals surface area contributed by atoms with Crippen molar-refractivity contribution in [2.24, 2.45) is 28.6 Å². The Morgan fingerprint density at radius 1 is 0.708 bits per heavy atom. The third-order valence-electron chi connectivity index (χ3n) is 8.43. The van der Waals surface area contributed by atoms with Crippen LogP contribution in [0.5, 0.6) is 0 Å². The van der Waals surface area contributed by atoms with Crippen LogP contribution in [0.2, 0.25) is 0 Å². The van der Waals surface area contributed by atoms with E-state index in [0.717, 1.165) is 17.8 Å². The zero-order chi connectivity index (χ0) is 17.0. The van der Waals surface area contributed by atoms with Crippen LogP contribution in [0.3, 0.4) is 0 Å². The Balaban J connectivity index is 2.00. The minimum absolute atomic E-state index is 0.153. The van der Waals surface area contributed by atoms with Crippen molar-refractivity contribution in [2.75, 3.05) is 0 Å². The lowest BCUT2D eigenvalue weighted by Gasteiger charge is -2.51. The lowest BCUT2D eigenvalue weighted by Crippen LogP contribution is -2.45. The number of fused-ring (bicyclic) bond motifs is 10. The van der Waals surface area contributed by atoms with Gasteiger partial charge in [-0.1, -0.05) is 84.5 Å². The molecule has 0 aromatic rings. The Hall–Kier alpha value is -0.330. The van der Waals surface area contributed by atoms with Crippen LogP contribution >= 0.6 is 0 Å². The Bertz CT molecular complexity index is 412. The summed E-state index contributed by atoms with van der Waals surface area (Å²) in [5.74, 6) is 2.77. The number of hydrogen-bond acceptors (Lipinski definition) is 1. The first-order valence-corrected chi connectivity index (χ1v) is 11.1. The average Bonchev–Trinajstić information content (AvgIpc) is 2.68. The van der Waals surface area contributed by atoms with Gasteiger partial charge in [0, 0.05) is 5.41 Å². The maximum Gasteiger partial charge on any atom is 0.126 e. The van der Waals surface area contributed by atoms with E-state index in [9.17, 15) is 4.79 Å². The molecule has 3 rings (SSSR count). The van der Waals surface area contributed by atoms with Gasteiger partial charge in [-0.3, -0.25) is 0 Å². The largest absolute Gasteiger partial charge is 0.303 e. The molecule has 138 valence electrons. The molecule has 4 atom stereocenters. The summed E-state index contributed by atoms with van der Waals surface area (Å²) in [5.41, 5.74) is 0.121. The minimum Gasteiger partial charge on any atom is -0.303 e. The molecule has 0 saturated heterocycles. The SMILES string of the molecule is CC(C)(C=O)C12CCCCC(CCC1)C1CCCCCC2CCC1. The highest BCUT2D eigenvalue weighted by Gasteiger charge is 2.49. The van der Waals surface area contributed by atoms with Crippen LogP contribution in [-0.4, -0.2) is 6.29 Å². The van der Waals surface area contributed by atoms with Gasteiger partial charge in [0.05, 0.1) is 0 Å². The third-order valence-corrected chi connectivity index (χ3v) is 8.43. The average molecular weight is 333 g/mol. The molecule has 0 aliphatic heterocycles. The molecule has 0 aromatic carbocycles. The summed E-state index contributed by atoms with van der Waals surface area (Å²) < 4.78 is 0. The van der Waals surface area contributed by atoms with E-state index in [0.29, 0.717) is 0 Å². The number of hydrogen-bond donors (Lipinski definition) is 0. The monoisotopic (exact) mass is 332 g/mol. The van der Waals surface area contributed by atoms with E-state index in [1.165, 1.54) is 103 Å². The first-order valence-electron chi connectivity index (χ1n) is 11.1. The van der Waals surface area contributed by atoms with E-state index in [-0.39, 0.29) is 10.8 Å². The minimum atomic E-state index is -0.153. The highest BCUT2D eigenvalue weighted by Crippen LogP contribution is 2.56.